The second-order valence-corrected chi connectivity index (χ2v) is 12.7. The summed E-state index contributed by atoms with van der Waals surface area (Å²) < 4.78 is 5.18. The molecule has 6 heteroatoms. The molecule has 0 atom stereocenters. The fraction of sp³-hybridized carbons (Fsp3) is 0.128. The summed E-state index contributed by atoms with van der Waals surface area (Å²) in [4.78, 5) is 26.3. The Bertz CT molecular complexity index is 2160. The van der Waals surface area contributed by atoms with E-state index in [2.05, 4.69) is 170 Å². The molecular weight excluding hydrogens is 657 g/mol. The van der Waals surface area contributed by atoms with Crippen LogP contribution in [0.2, 0.25) is 0 Å². The topological polar surface area (TPSA) is 51.2 Å². The molecule has 53 heavy (non-hydrogen) atoms. The number of carbonyl (C=O) groups excluding carboxylic acids is 1. The molecule has 266 valence electrons. The zero-order chi connectivity index (χ0) is 37.2. The lowest BCUT2D eigenvalue weighted by atomic mass is 10.0. The van der Waals surface area contributed by atoms with E-state index in [9.17, 15) is 4.79 Å². The second-order valence-electron chi connectivity index (χ2n) is 12.7. The van der Waals surface area contributed by atoms with Crippen LogP contribution in [0.25, 0.3) is 16.9 Å². The van der Waals surface area contributed by atoms with Crippen molar-refractivity contribution in [3.63, 3.8) is 0 Å². The maximum absolute atomic E-state index is 11.5. The van der Waals surface area contributed by atoms with Gasteiger partial charge >= 0.3 is 5.97 Å². The van der Waals surface area contributed by atoms with Gasteiger partial charge in [0.15, 0.2) is 5.76 Å². The maximum Gasteiger partial charge on any atom is 0.330 e. The van der Waals surface area contributed by atoms with Crippen LogP contribution in [0, 0.1) is 13.8 Å². The smallest absolute Gasteiger partial charge is 0.330 e. The molecule has 0 spiro atoms. The van der Waals surface area contributed by atoms with Crippen LogP contribution in [0.5, 0.6) is 0 Å². The zero-order valence-corrected chi connectivity index (χ0v) is 30.5. The van der Waals surface area contributed by atoms with Crippen LogP contribution in [0.4, 0.5) is 34.1 Å². The summed E-state index contributed by atoms with van der Waals surface area (Å²) >= 11 is 0. The average Bonchev–Trinajstić information content (AvgIpc) is 3.18. The van der Waals surface area contributed by atoms with E-state index in [4.69, 9.17) is 14.5 Å². The van der Waals surface area contributed by atoms with Gasteiger partial charge in [0.1, 0.15) is 0 Å². The molecule has 6 aromatic carbocycles. The van der Waals surface area contributed by atoms with Crippen molar-refractivity contribution in [3.05, 3.63) is 187 Å². The Morgan fingerprint density at radius 2 is 1.08 bits per heavy atom. The highest BCUT2D eigenvalue weighted by Crippen LogP contribution is 2.38. The molecule has 0 aliphatic carbocycles. The van der Waals surface area contributed by atoms with Crippen molar-refractivity contribution in [2.45, 2.75) is 27.2 Å². The second kappa shape index (κ2) is 17.2. The highest BCUT2D eigenvalue weighted by atomic mass is 17.2. The molecule has 0 saturated heterocycles. The number of esters is 1. The monoisotopic (exact) mass is 700 g/mol. The molecule has 6 aromatic rings. The first-order valence-corrected chi connectivity index (χ1v) is 17.7. The van der Waals surface area contributed by atoms with E-state index in [1.807, 2.05) is 19.1 Å². The van der Waals surface area contributed by atoms with E-state index in [1.165, 1.54) is 17.2 Å². The largest absolute Gasteiger partial charge is 0.462 e. The number of nitrogens with zero attached hydrogens (tertiary/aromatic N) is 2. The fourth-order valence-corrected chi connectivity index (χ4v) is 6.15. The Morgan fingerprint density at radius 3 is 1.51 bits per heavy atom. The summed E-state index contributed by atoms with van der Waals surface area (Å²) in [5.74, 6) is 0.0611. The number of hydrogen-bond donors (Lipinski definition) is 0. The standard InChI is InChI=1S/C47H44N2O4/c1-6-47(50)51-31-30-37-14-22-41(23-15-37)48(45-12-8-10-34(3)32-45)43-26-18-39(19-27-43)40-20-28-44(29-21-40)49(46-13-9-11-35(4)33-46)42-24-16-38(17-25-42)36(5)53-52-7-2/h6,8-29,32-33H,1,5,7,30-31H2,2-4H3. The minimum Gasteiger partial charge on any atom is -0.462 e. The molecule has 0 aliphatic heterocycles. The van der Waals surface area contributed by atoms with Crippen LogP contribution in [-0.2, 0) is 25.7 Å². The van der Waals surface area contributed by atoms with Crippen LogP contribution in [0.3, 0.4) is 0 Å². The van der Waals surface area contributed by atoms with Crippen LogP contribution >= 0.6 is 0 Å². The summed E-state index contributed by atoms with van der Waals surface area (Å²) in [6, 6.07) is 50.8. The fourth-order valence-electron chi connectivity index (χ4n) is 6.15. The molecule has 0 aromatic heterocycles. The minimum absolute atomic E-state index is 0.313. The van der Waals surface area contributed by atoms with E-state index in [1.54, 1.807) is 0 Å². The summed E-state index contributed by atoms with van der Waals surface area (Å²) in [6.45, 7) is 14.3. The lowest BCUT2D eigenvalue weighted by molar-refractivity contribution is -0.230. The number of rotatable bonds is 15. The van der Waals surface area contributed by atoms with Crippen LogP contribution in [0.15, 0.2) is 165 Å². The van der Waals surface area contributed by atoms with Gasteiger partial charge in [0.05, 0.1) is 13.2 Å². The van der Waals surface area contributed by atoms with Crippen LogP contribution < -0.4 is 9.80 Å². The van der Waals surface area contributed by atoms with Crippen molar-refractivity contribution in [1.29, 1.82) is 0 Å². The van der Waals surface area contributed by atoms with Gasteiger partial charge in [-0.25, -0.2) is 4.79 Å². The molecule has 0 amide bonds. The Balaban J connectivity index is 1.26. The number of hydrogen-bond acceptors (Lipinski definition) is 6. The molecule has 0 fully saturated rings. The van der Waals surface area contributed by atoms with Gasteiger partial charge in [0.2, 0.25) is 0 Å². The van der Waals surface area contributed by atoms with E-state index < -0.39 is 5.97 Å². The highest BCUT2D eigenvalue weighted by molar-refractivity contribution is 5.82. The first kappa shape index (κ1) is 36.4. The van der Waals surface area contributed by atoms with Gasteiger partial charge in [-0.2, -0.15) is 4.89 Å². The van der Waals surface area contributed by atoms with Crippen LogP contribution in [0.1, 0.15) is 29.2 Å². The summed E-state index contributed by atoms with van der Waals surface area (Å²) in [6.07, 6.45) is 1.82. The van der Waals surface area contributed by atoms with E-state index in [-0.39, 0.29) is 0 Å². The molecular formula is C47H44N2O4. The third kappa shape index (κ3) is 9.11. The van der Waals surface area contributed by atoms with Crippen molar-refractivity contribution in [2.24, 2.45) is 0 Å². The van der Waals surface area contributed by atoms with E-state index >= 15 is 0 Å². The van der Waals surface area contributed by atoms with Gasteiger partial charge < -0.3 is 19.4 Å². The van der Waals surface area contributed by atoms with Gasteiger partial charge in [0, 0.05) is 52.2 Å². The molecule has 0 unspecified atom stereocenters. The quantitative estimate of drug-likeness (QED) is 0.0349. The normalized spacial score (nSPS) is 10.7. The van der Waals surface area contributed by atoms with E-state index in [0.29, 0.717) is 25.4 Å². The lowest BCUT2D eigenvalue weighted by Crippen LogP contribution is -2.10. The Morgan fingerprint density at radius 1 is 0.623 bits per heavy atom. The summed E-state index contributed by atoms with van der Waals surface area (Å²) in [5.41, 5.74) is 12.8. The summed E-state index contributed by atoms with van der Waals surface area (Å²) in [5, 5.41) is 0. The molecule has 6 rings (SSSR count). The van der Waals surface area contributed by atoms with Crippen LogP contribution in [-0.4, -0.2) is 19.2 Å². The third-order valence-corrected chi connectivity index (χ3v) is 8.83. The lowest BCUT2D eigenvalue weighted by Gasteiger charge is -2.27. The molecule has 0 aliphatic rings. The number of anilines is 6. The van der Waals surface area contributed by atoms with Crippen molar-refractivity contribution in [3.8, 4) is 11.1 Å². The van der Waals surface area contributed by atoms with Gasteiger partial charge in [-0.05, 0) is 134 Å². The first-order valence-electron chi connectivity index (χ1n) is 17.7. The van der Waals surface area contributed by atoms with Crippen molar-refractivity contribution in [2.75, 3.05) is 23.0 Å². The first-order chi connectivity index (χ1) is 25.8. The Hall–Kier alpha value is -6.37. The highest BCUT2D eigenvalue weighted by Gasteiger charge is 2.16. The van der Waals surface area contributed by atoms with Gasteiger partial charge in [-0.15, -0.1) is 0 Å². The minimum atomic E-state index is -0.408. The predicted molar refractivity (Wildman–Crippen MR) is 217 cm³/mol. The van der Waals surface area contributed by atoms with Crippen molar-refractivity contribution < 1.29 is 19.3 Å². The van der Waals surface area contributed by atoms with Crippen molar-refractivity contribution in [1.82, 2.24) is 0 Å². The number of carbonyl (C=O) groups is 1. The number of benzene rings is 6. The molecule has 0 heterocycles. The molecule has 0 N–H and O–H groups in total. The van der Waals surface area contributed by atoms with E-state index in [0.717, 1.165) is 56.4 Å². The van der Waals surface area contributed by atoms with Gasteiger partial charge in [0.25, 0.3) is 0 Å². The Labute approximate surface area is 312 Å². The SMILES string of the molecule is C=CC(=O)OCCc1ccc(N(c2ccc(-c3ccc(N(c4ccc(C(=C)OOCC)cc4)c4cccc(C)c4)cc3)cc2)c2cccc(C)c2)cc1. The molecule has 0 radical (unpaired) electrons. The zero-order valence-electron chi connectivity index (χ0n) is 30.5. The third-order valence-electron chi connectivity index (χ3n) is 8.83. The number of aryl methyl sites for hydroxylation is 2. The average molecular weight is 701 g/mol. The summed E-state index contributed by atoms with van der Waals surface area (Å²) in [7, 11) is 0. The predicted octanol–water partition coefficient (Wildman–Crippen LogP) is 12.1. The molecule has 0 saturated carbocycles. The number of ether oxygens (including phenoxy) is 1. The molecule has 0 bridgehead atoms. The maximum atomic E-state index is 11.5. The Kier molecular flexibility index (Phi) is 11.8. The van der Waals surface area contributed by atoms with Crippen molar-refractivity contribution >= 4 is 45.9 Å². The van der Waals surface area contributed by atoms with Gasteiger partial charge in [-0.3, -0.25) is 0 Å². The molecule has 6 nitrogen and oxygen atoms in total. The van der Waals surface area contributed by atoms with Gasteiger partial charge in [-0.1, -0.05) is 73.8 Å².